The number of alkyl carbamates (subject to hydrolysis) is 1. The number of hydrogen-bond donors (Lipinski definition) is 4. The summed E-state index contributed by atoms with van der Waals surface area (Å²) < 4.78 is 5.02. The van der Waals surface area contributed by atoms with Gasteiger partial charge in [-0.05, 0) is 23.3 Å². The lowest BCUT2D eigenvalue weighted by Gasteiger charge is -2.21. The van der Waals surface area contributed by atoms with Gasteiger partial charge in [0.05, 0.1) is 6.61 Å². The zero-order chi connectivity index (χ0) is 22.1. The number of ether oxygens (including phenoxy) is 1. The Balaban J connectivity index is 1.95. The Morgan fingerprint density at radius 1 is 1.03 bits per heavy atom. The van der Waals surface area contributed by atoms with Gasteiger partial charge < -0.3 is 26.2 Å². The highest BCUT2D eigenvalue weighted by Gasteiger charge is 2.26. The number of hydrogen-bond acceptors (Lipinski definition) is 5. The molecule has 2 atom stereocenters. The van der Waals surface area contributed by atoms with Crippen LogP contribution >= 0.6 is 23.2 Å². The molecule has 0 aromatic heterocycles. The van der Waals surface area contributed by atoms with Gasteiger partial charge in [-0.1, -0.05) is 59.6 Å². The average molecular weight is 454 g/mol. The number of aliphatic hydroxyl groups is 1. The molecule has 0 saturated heterocycles. The highest BCUT2D eigenvalue weighted by molar-refractivity contribution is 6.35. The predicted octanol–water partition coefficient (Wildman–Crippen LogP) is 1.79. The van der Waals surface area contributed by atoms with Crippen molar-refractivity contribution in [3.8, 4) is 0 Å². The average Bonchev–Trinajstić information content (AvgIpc) is 2.72. The van der Waals surface area contributed by atoms with E-state index < -0.39 is 36.6 Å². The standard InChI is InChI=1S/C20H21Cl2N3O5/c21-14-7-6-13(15(22)9-14)8-16(18(23)27)24-19(28)17(10-26)25-20(29)30-11-12-4-2-1-3-5-12/h1-7,9,16-17,26H,8,10-11H2,(H2,23,27)(H,24,28)(H,25,29)/t16-,17-/m0/s1. The van der Waals surface area contributed by atoms with E-state index in [4.69, 9.17) is 33.7 Å². The molecule has 0 spiro atoms. The molecule has 3 amide bonds. The first-order valence-corrected chi connectivity index (χ1v) is 9.67. The van der Waals surface area contributed by atoms with Gasteiger partial charge in [-0.3, -0.25) is 9.59 Å². The van der Waals surface area contributed by atoms with Crippen molar-refractivity contribution in [2.24, 2.45) is 5.73 Å². The molecule has 2 aromatic rings. The summed E-state index contributed by atoms with van der Waals surface area (Å²) in [6.45, 7) is -0.717. The lowest BCUT2D eigenvalue weighted by Crippen LogP contribution is -2.54. The maximum Gasteiger partial charge on any atom is 0.408 e. The Morgan fingerprint density at radius 2 is 1.73 bits per heavy atom. The van der Waals surface area contributed by atoms with E-state index in [0.29, 0.717) is 15.6 Å². The molecular formula is C20H21Cl2N3O5. The quantitative estimate of drug-likeness (QED) is 0.459. The molecule has 0 fully saturated rings. The number of nitrogens with two attached hydrogens (primary N) is 1. The zero-order valence-corrected chi connectivity index (χ0v) is 17.3. The van der Waals surface area contributed by atoms with E-state index in [1.54, 1.807) is 36.4 Å². The number of carbonyl (C=O) groups is 3. The molecule has 0 aliphatic heterocycles. The van der Waals surface area contributed by atoms with Gasteiger partial charge in [0, 0.05) is 16.5 Å². The Kier molecular flexibility index (Phi) is 8.91. The van der Waals surface area contributed by atoms with Crippen molar-refractivity contribution in [1.29, 1.82) is 0 Å². The third kappa shape index (κ3) is 7.22. The third-order valence-corrected chi connectivity index (χ3v) is 4.69. The number of benzene rings is 2. The van der Waals surface area contributed by atoms with E-state index in [2.05, 4.69) is 10.6 Å². The molecule has 2 rings (SSSR count). The fraction of sp³-hybridized carbons (Fsp3) is 0.250. The van der Waals surface area contributed by atoms with E-state index in [0.717, 1.165) is 5.56 Å². The molecule has 2 aromatic carbocycles. The van der Waals surface area contributed by atoms with Crippen LogP contribution in [0.25, 0.3) is 0 Å². The predicted molar refractivity (Wildman–Crippen MR) is 112 cm³/mol. The van der Waals surface area contributed by atoms with Crippen molar-refractivity contribution < 1.29 is 24.2 Å². The second kappa shape index (κ2) is 11.4. The number of rotatable bonds is 9. The minimum atomic E-state index is -1.34. The Bertz CT molecular complexity index is 895. The van der Waals surface area contributed by atoms with Crippen molar-refractivity contribution in [3.63, 3.8) is 0 Å². The van der Waals surface area contributed by atoms with Gasteiger partial charge in [0.15, 0.2) is 0 Å². The molecular weight excluding hydrogens is 433 g/mol. The summed E-state index contributed by atoms with van der Waals surface area (Å²) in [7, 11) is 0. The minimum Gasteiger partial charge on any atom is -0.445 e. The van der Waals surface area contributed by atoms with Gasteiger partial charge >= 0.3 is 6.09 Å². The zero-order valence-electron chi connectivity index (χ0n) is 15.8. The first kappa shape index (κ1) is 23.5. The third-order valence-electron chi connectivity index (χ3n) is 4.10. The molecule has 8 nitrogen and oxygen atoms in total. The van der Waals surface area contributed by atoms with Crippen LogP contribution in [0.1, 0.15) is 11.1 Å². The van der Waals surface area contributed by atoms with Gasteiger partial charge in [0.25, 0.3) is 0 Å². The second-order valence-corrected chi connectivity index (χ2v) is 7.19. The van der Waals surface area contributed by atoms with Gasteiger partial charge in [0.2, 0.25) is 11.8 Å². The Morgan fingerprint density at radius 3 is 2.33 bits per heavy atom. The van der Waals surface area contributed by atoms with Crippen LogP contribution < -0.4 is 16.4 Å². The molecule has 0 saturated carbocycles. The molecule has 30 heavy (non-hydrogen) atoms. The van der Waals surface area contributed by atoms with Crippen LogP contribution in [0.15, 0.2) is 48.5 Å². The summed E-state index contributed by atoms with van der Waals surface area (Å²) in [6, 6.07) is 11.2. The molecule has 0 heterocycles. The number of primary amides is 1. The van der Waals surface area contributed by atoms with E-state index in [1.165, 1.54) is 6.07 Å². The van der Waals surface area contributed by atoms with Crippen LogP contribution in [0, 0.1) is 0 Å². The summed E-state index contributed by atoms with van der Waals surface area (Å²) in [6.07, 6.45) is -0.891. The molecule has 5 N–H and O–H groups in total. The van der Waals surface area contributed by atoms with Crippen LogP contribution in [0.5, 0.6) is 0 Å². The Labute approximate surface area is 183 Å². The first-order valence-electron chi connectivity index (χ1n) is 8.92. The van der Waals surface area contributed by atoms with E-state index >= 15 is 0 Å². The monoisotopic (exact) mass is 453 g/mol. The number of aliphatic hydroxyl groups excluding tert-OH is 1. The smallest absolute Gasteiger partial charge is 0.408 e. The molecule has 0 aliphatic carbocycles. The van der Waals surface area contributed by atoms with E-state index in [1.807, 2.05) is 6.07 Å². The fourth-order valence-corrected chi connectivity index (χ4v) is 2.99. The Hall–Kier alpha value is -2.81. The first-order chi connectivity index (χ1) is 14.3. The fourth-order valence-electron chi connectivity index (χ4n) is 2.50. The van der Waals surface area contributed by atoms with Crippen molar-refractivity contribution in [2.75, 3.05) is 6.61 Å². The molecule has 0 radical (unpaired) electrons. The molecule has 0 aliphatic rings. The normalized spacial score (nSPS) is 12.5. The van der Waals surface area contributed by atoms with Crippen molar-refractivity contribution >= 4 is 41.1 Å². The van der Waals surface area contributed by atoms with Gasteiger partial charge in [0.1, 0.15) is 18.7 Å². The number of amides is 3. The highest BCUT2D eigenvalue weighted by atomic mass is 35.5. The van der Waals surface area contributed by atoms with Gasteiger partial charge in [-0.25, -0.2) is 4.79 Å². The van der Waals surface area contributed by atoms with Crippen LogP contribution in [-0.4, -0.2) is 41.7 Å². The largest absolute Gasteiger partial charge is 0.445 e. The van der Waals surface area contributed by atoms with E-state index in [-0.39, 0.29) is 13.0 Å². The van der Waals surface area contributed by atoms with Crippen LogP contribution in [0.2, 0.25) is 10.0 Å². The molecule has 10 heteroatoms. The summed E-state index contributed by atoms with van der Waals surface area (Å²) >= 11 is 11.9. The second-order valence-electron chi connectivity index (χ2n) is 6.34. The number of nitrogens with one attached hydrogen (secondary N) is 2. The van der Waals surface area contributed by atoms with E-state index in [9.17, 15) is 19.5 Å². The van der Waals surface area contributed by atoms with Crippen LogP contribution in [-0.2, 0) is 27.4 Å². The summed E-state index contributed by atoms with van der Waals surface area (Å²) in [5, 5.41) is 14.8. The van der Waals surface area contributed by atoms with Crippen molar-refractivity contribution in [2.45, 2.75) is 25.1 Å². The molecule has 0 unspecified atom stereocenters. The van der Waals surface area contributed by atoms with Gasteiger partial charge in [-0.15, -0.1) is 0 Å². The maximum atomic E-state index is 12.4. The number of halogens is 2. The summed E-state index contributed by atoms with van der Waals surface area (Å²) in [5.41, 5.74) is 6.67. The maximum absolute atomic E-state index is 12.4. The van der Waals surface area contributed by atoms with Crippen molar-refractivity contribution in [3.05, 3.63) is 69.7 Å². The SMILES string of the molecule is NC(=O)[C@H](Cc1ccc(Cl)cc1Cl)NC(=O)[C@H](CO)NC(=O)OCc1ccccc1. The van der Waals surface area contributed by atoms with Crippen LogP contribution in [0.3, 0.4) is 0 Å². The lowest BCUT2D eigenvalue weighted by atomic mass is 10.0. The lowest BCUT2D eigenvalue weighted by molar-refractivity contribution is -0.129. The van der Waals surface area contributed by atoms with Crippen molar-refractivity contribution in [1.82, 2.24) is 10.6 Å². The number of carbonyl (C=O) groups excluding carboxylic acids is 3. The summed E-state index contributed by atoms with van der Waals surface area (Å²) in [4.78, 5) is 36.1. The van der Waals surface area contributed by atoms with Crippen LogP contribution in [0.4, 0.5) is 4.79 Å². The minimum absolute atomic E-state index is 0.00762. The van der Waals surface area contributed by atoms with Gasteiger partial charge in [-0.2, -0.15) is 0 Å². The topological polar surface area (TPSA) is 131 Å². The molecule has 160 valence electrons. The highest BCUT2D eigenvalue weighted by Crippen LogP contribution is 2.22. The molecule has 0 bridgehead atoms. The summed E-state index contributed by atoms with van der Waals surface area (Å²) in [5.74, 6) is -1.61.